The number of hydrogen-bond donors (Lipinski definition) is 3. The van der Waals surface area contributed by atoms with Gasteiger partial charge in [-0.15, -0.1) is 0 Å². The fourth-order valence-corrected chi connectivity index (χ4v) is 2.57. The maximum absolute atomic E-state index is 11.7. The van der Waals surface area contributed by atoms with Gasteiger partial charge in [-0.1, -0.05) is 13.8 Å². The number of amides is 2. The van der Waals surface area contributed by atoms with E-state index in [0.717, 1.165) is 6.42 Å². The van der Waals surface area contributed by atoms with Crippen molar-refractivity contribution in [2.75, 3.05) is 0 Å². The SMILES string of the molecule is CC(C)C(C)NC(=O)NC1CC2CCC1N2. The lowest BCUT2D eigenvalue weighted by Gasteiger charge is -2.24. The molecule has 4 unspecified atom stereocenters. The van der Waals surface area contributed by atoms with Crippen LogP contribution in [0.15, 0.2) is 0 Å². The third-order valence-electron chi connectivity index (χ3n) is 3.98. The fraction of sp³-hybridized carbons (Fsp3) is 0.917. The molecule has 2 rings (SSSR count). The highest BCUT2D eigenvalue weighted by atomic mass is 16.2. The number of rotatable bonds is 3. The van der Waals surface area contributed by atoms with E-state index >= 15 is 0 Å². The number of fused-ring (bicyclic) bond motifs is 2. The highest BCUT2D eigenvalue weighted by Gasteiger charge is 2.39. The number of carbonyl (C=O) groups is 1. The zero-order chi connectivity index (χ0) is 11.7. The average molecular weight is 225 g/mol. The van der Waals surface area contributed by atoms with Crippen molar-refractivity contribution in [3.63, 3.8) is 0 Å². The second-order valence-corrected chi connectivity index (χ2v) is 5.54. The molecule has 2 aliphatic rings. The van der Waals surface area contributed by atoms with E-state index in [-0.39, 0.29) is 12.1 Å². The summed E-state index contributed by atoms with van der Waals surface area (Å²) in [5.74, 6) is 0.476. The lowest BCUT2D eigenvalue weighted by molar-refractivity contribution is 0.228. The lowest BCUT2D eigenvalue weighted by atomic mass is 9.96. The molecule has 0 radical (unpaired) electrons. The Morgan fingerprint density at radius 2 is 2.06 bits per heavy atom. The minimum absolute atomic E-state index is 0.0134. The van der Waals surface area contributed by atoms with Gasteiger partial charge in [0.25, 0.3) is 0 Å². The topological polar surface area (TPSA) is 53.2 Å². The molecule has 2 saturated heterocycles. The van der Waals surface area contributed by atoms with Crippen LogP contribution in [0.5, 0.6) is 0 Å². The van der Waals surface area contributed by atoms with Crippen LogP contribution in [0.3, 0.4) is 0 Å². The van der Waals surface area contributed by atoms with Crippen LogP contribution in [0.1, 0.15) is 40.0 Å². The zero-order valence-electron chi connectivity index (χ0n) is 10.4. The molecule has 3 N–H and O–H groups in total. The average Bonchev–Trinajstić information content (AvgIpc) is 2.78. The summed E-state index contributed by atoms with van der Waals surface area (Å²) in [6.45, 7) is 6.28. The summed E-state index contributed by atoms with van der Waals surface area (Å²) in [5.41, 5.74) is 0. The van der Waals surface area contributed by atoms with Gasteiger partial charge in [0, 0.05) is 24.2 Å². The number of hydrogen-bond acceptors (Lipinski definition) is 2. The molecule has 4 atom stereocenters. The molecule has 0 saturated carbocycles. The first-order chi connectivity index (χ1) is 7.56. The molecule has 0 aromatic heterocycles. The van der Waals surface area contributed by atoms with Crippen LogP contribution >= 0.6 is 0 Å². The van der Waals surface area contributed by atoms with Crippen molar-refractivity contribution >= 4 is 6.03 Å². The third kappa shape index (κ3) is 2.48. The first kappa shape index (κ1) is 11.7. The van der Waals surface area contributed by atoms with Gasteiger partial charge < -0.3 is 16.0 Å². The van der Waals surface area contributed by atoms with E-state index in [2.05, 4.69) is 29.8 Å². The Hall–Kier alpha value is -0.770. The molecule has 0 aromatic carbocycles. The van der Waals surface area contributed by atoms with E-state index in [4.69, 9.17) is 0 Å². The highest BCUT2D eigenvalue weighted by molar-refractivity contribution is 5.74. The summed E-state index contributed by atoms with van der Waals surface area (Å²) in [7, 11) is 0. The molecule has 92 valence electrons. The van der Waals surface area contributed by atoms with Gasteiger partial charge in [0.15, 0.2) is 0 Å². The van der Waals surface area contributed by atoms with Crippen LogP contribution in [0.4, 0.5) is 4.79 Å². The van der Waals surface area contributed by atoms with Gasteiger partial charge in [-0.2, -0.15) is 0 Å². The highest BCUT2D eigenvalue weighted by Crippen LogP contribution is 2.28. The second-order valence-electron chi connectivity index (χ2n) is 5.54. The maximum Gasteiger partial charge on any atom is 0.315 e. The van der Waals surface area contributed by atoms with Crippen molar-refractivity contribution in [3.8, 4) is 0 Å². The third-order valence-corrected chi connectivity index (χ3v) is 3.98. The van der Waals surface area contributed by atoms with Crippen molar-refractivity contribution in [1.29, 1.82) is 0 Å². The predicted octanol–water partition coefficient (Wildman–Crippen LogP) is 1.22. The fourth-order valence-electron chi connectivity index (χ4n) is 2.57. The number of urea groups is 1. The minimum Gasteiger partial charge on any atom is -0.335 e. The van der Waals surface area contributed by atoms with Crippen molar-refractivity contribution in [2.24, 2.45) is 5.92 Å². The lowest BCUT2D eigenvalue weighted by Crippen LogP contribution is -2.50. The molecule has 2 aliphatic heterocycles. The van der Waals surface area contributed by atoms with Gasteiger partial charge in [-0.05, 0) is 32.1 Å². The Morgan fingerprint density at radius 3 is 2.56 bits per heavy atom. The summed E-state index contributed by atoms with van der Waals surface area (Å²) in [6, 6.07) is 1.69. The second kappa shape index (κ2) is 4.62. The summed E-state index contributed by atoms with van der Waals surface area (Å²) < 4.78 is 0. The van der Waals surface area contributed by atoms with E-state index in [1.165, 1.54) is 12.8 Å². The first-order valence-corrected chi connectivity index (χ1v) is 6.39. The summed E-state index contributed by atoms with van der Waals surface area (Å²) in [6.07, 6.45) is 3.57. The van der Waals surface area contributed by atoms with Gasteiger partial charge in [0.05, 0.1) is 0 Å². The first-order valence-electron chi connectivity index (χ1n) is 6.39. The number of carbonyl (C=O) groups excluding carboxylic acids is 1. The molecule has 0 aliphatic carbocycles. The molecular formula is C12H23N3O. The molecule has 2 heterocycles. The molecule has 4 heteroatoms. The normalized spacial score (nSPS) is 34.1. The Morgan fingerprint density at radius 1 is 1.31 bits per heavy atom. The van der Waals surface area contributed by atoms with Crippen molar-refractivity contribution < 1.29 is 4.79 Å². The summed E-state index contributed by atoms with van der Waals surface area (Å²) in [4.78, 5) is 11.7. The molecule has 2 amide bonds. The Bertz CT molecular complexity index is 267. The standard InChI is InChI=1S/C12H23N3O/c1-7(2)8(3)13-12(16)15-11-6-9-4-5-10(11)14-9/h7-11,14H,4-6H2,1-3H3,(H2,13,15,16). The Balaban J connectivity index is 1.75. The van der Waals surface area contributed by atoms with E-state index < -0.39 is 0 Å². The molecular weight excluding hydrogens is 202 g/mol. The largest absolute Gasteiger partial charge is 0.335 e. The van der Waals surface area contributed by atoms with Crippen LogP contribution < -0.4 is 16.0 Å². The predicted molar refractivity (Wildman–Crippen MR) is 64.3 cm³/mol. The summed E-state index contributed by atoms with van der Waals surface area (Å²) in [5, 5.41) is 9.59. The van der Waals surface area contributed by atoms with E-state index in [0.29, 0.717) is 24.0 Å². The van der Waals surface area contributed by atoms with Crippen molar-refractivity contribution in [1.82, 2.24) is 16.0 Å². The Kier molecular flexibility index (Phi) is 3.38. The van der Waals surface area contributed by atoms with Gasteiger partial charge in [0.2, 0.25) is 0 Å². The quantitative estimate of drug-likeness (QED) is 0.676. The van der Waals surface area contributed by atoms with E-state index in [9.17, 15) is 4.79 Å². The van der Waals surface area contributed by atoms with Crippen LogP contribution in [0.25, 0.3) is 0 Å². The van der Waals surface area contributed by atoms with Gasteiger partial charge >= 0.3 is 6.03 Å². The van der Waals surface area contributed by atoms with Crippen LogP contribution in [-0.2, 0) is 0 Å². The van der Waals surface area contributed by atoms with Crippen LogP contribution in [-0.4, -0.2) is 30.2 Å². The smallest absolute Gasteiger partial charge is 0.315 e. The molecule has 4 nitrogen and oxygen atoms in total. The van der Waals surface area contributed by atoms with E-state index in [1.807, 2.05) is 6.92 Å². The molecule has 0 spiro atoms. The molecule has 16 heavy (non-hydrogen) atoms. The van der Waals surface area contributed by atoms with Gasteiger partial charge in [-0.3, -0.25) is 0 Å². The van der Waals surface area contributed by atoms with Gasteiger partial charge in [-0.25, -0.2) is 4.79 Å². The monoisotopic (exact) mass is 225 g/mol. The van der Waals surface area contributed by atoms with Crippen LogP contribution in [0, 0.1) is 5.92 Å². The Labute approximate surface area is 97.6 Å². The number of nitrogens with one attached hydrogen (secondary N) is 3. The molecule has 2 fully saturated rings. The van der Waals surface area contributed by atoms with Crippen LogP contribution in [0.2, 0.25) is 0 Å². The minimum atomic E-state index is -0.0134. The van der Waals surface area contributed by atoms with E-state index in [1.54, 1.807) is 0 Å². The van der Waals surface area contributed by atoms with Crippen molar-refractivity contribution in [2.45, 2.75) is 64.2 Å². The zero-order valence-corrected chi connectivity index (χ0v) is 10.4. The van der Waals surface area contributed by atoms with Crippen molar-refractivity contribution in [3.05, 3.63) is 0 Å². The maximum atomic E-state index is 11.7. The summed E-state index contributed by atoms with van der Waals surface area (Å²) >= 11 is 0. The van der Waals surface area contributed by atoms with Gasteiger partial charge in [0.1, 0.15) is 0 Å². The molecule has 0 aromatic rings. The molecule has 2 bridgehead atoms.